The molecule has 3 heterocycles. The first kappa shape index (κ1) is 19.7. The number of ether oxygens (including phenoxy) is 1. The van der Waals surface area contributed by atoms with Crippen molar-refractivity contribution in [2.45, 2.75) is 19.9 Å². The minimum atomic E-state index is -2.67. The number of hydrogen-bond donors (Lipinski definition) is 1. The molecule has 154 valence electrons. The van der Waals surface area contributed by atoms with E-state index in [1.165, 1.54) is 25.7 Å². The van der Waals surface area contributed by atoms with Crippen LogP contribution >= 0.6 is 0 Å². The van der Waals surface area contributed by atoms with E-state index >= 15 is 0 Å². The number of alkyl halides is 2. The second kappa shape index (κ2) is 8.02. The van der Waals surface area contributed by atoms with Gasteiger partial charge < -0.3 is 10.1 Å². The third-order valence-electron chi connectivity index (χ3n) is 4.94. The van der Waals surface area contributed by atoms with Crippen LogP contribution in [-0.2, 0) is 6.54 Å². The molecule has 1 N–H and O–H groups in total. The fourth-order valence-corrected chi connectivity index (χ4v) is 3.41. The lowest BCUT2D eigenvalue weighted by molar-refractivity contribution is 0.145. The molecule has 1 aromatic carbocycles. The fourth-order valence-electron chi connectivity index (χ4n) is 3.41. The third kappa shape index (κ3) is 3.42. The maximum atomic E-state index is 14.2. The van der Waals surface area contributed by atoms with E-state index in [0.717, 1.165) is 0 Å². The molecule has 0 saturated carbocycles. The molecular weight excluding hydrogens is 395 g/mol. The molecule has 0 radical (unpaired) electrons. The van der Waals surface area contributed by atoms with E-state index in [-0.39, 0.29) is 18.1 Å². The molecule has 0 unspecified atom stereocenters. The van der Waals surface area contributed by atoms with Crippen molar-refractivity contribution in [1.29, 1.82) is 0 Å². The van der Waals surface area contributed by atoms with Gasteiger partial charge in [-0.2, -0.15) is 0 Å². The van der Waals surface area contributed by atoms with Gasteiger partial charge in [0.05, 0.1) is 7.11 Å². The van der Waals surface area contributed by atoms with Gasteiger partial charge in [-0.3, -0.25) is 9.38 Å². The molecule has 30 heavy (non-hydrogen) atoms. The number of anilines is 1. The Hall–Kier alpha value is -3.62. The van der Waals surface area contributed by atoms with Crippen LogP contribution < -0.4 is 10.1 Å². The van der Waals surface area contributed by atoms with Crippen molar-refractivity contribution >= 4 is 11.5 Å². The number of pyridine rings is 2. The Morgan fingerprint density at radius 3 is 2.73 bits per heavy atom. The highest BCUT2D eigenvalue weighted by Gasteiger charge is 2.18. The molecule has 4 rings (SSSR count). The van der Waals surface area contributed by atoms with E-state index in [1.807, 2.05) is 0 Å². The molecule has 9 heteroatoms. The first-order chi connectivity index (χ1) is 14.5. The zero-order valence-corrected chi connectivity index (χ0v) is 16.2. The SMILES string of the molecule is COc1cccc(F)c1CNc1ccc(-c2ccnc(C(F)F)c2C)c2nncn12. The Balaban J connectivity index is 1.72. The second-order valence-corrected chi connectivity index (χ2v) is 6.60. The van der Waals surface area contributed by atoms with Gasteiger partial charge in [0.2, 0.25) is 0 Å². The zero-order valence-electron chi connectivity index (χ0n) is 16.2. The maximum absolute atomic E-state index is 14.2. The van der Waals surface area contributed by atoms with Gasteiger partial charge in [-0.1, -0.05) is 6.07 Å². The average Bonchev–Trinajstić information content (AvgIpc) is 3.23. The summed E-state index contributed by atoms with van der Waals surface area (Å²) in [7, 11) is 1.48. The molecule has 4 aromatic rings. The normalized spacial score (nSPS) is 11.3. The quantitative estimate of drug-likeness (QED) is 0.492. The number of methoxy groups -OCH3 is 1. The molecule has 0 bridgehead atoms. The van der Waals surface area contributed by atoms with Crippen molar-refractivity contribution < 1.29 is 17.9 Å². The van der Waals surface area contributed by atoms with Crippen LogP contribution in [0.5, 0.6) is 5.75 Å². The highest BCUT2D eigenvalue weighted by atomic mass is 19.3. The molecule has 0 atom stereocenters. The summed E-state index contributed by atoms with van der Waals surface area (Å²) in [6, 6.07) is 9.83. The van der Waals surface area contributed by atoms with Gasteiger partial charge in [-0.05, 0) is 48.4 Å². The summed E-state index contributed by atoms with van der Waals surface area (Å²) in [5, 5.41) is 11.3. The predicted molar refractivity (Wildman–Crippen MR) is 106 cm³/mol. The van der Waals surface area contributed by atoms with Gasteiger partial charge in [0, 0.05) is 23.9 Å². The van der Waals surface area contributed by atoms with Crippen molar-refractivity contribution in [1.82, 2.24) is 19.6 Å². The topological polar surface area (TPSA) is 64.3 Å². The summed E-state index contributed by atoms with van der Waals surface area (Å²) >= 11 is 0. The Morgan fingerprint density at radius 2 is 1.97 bits per heavy atom. The molecule has 0 aliphatic carbocycles. The standard InChI is InChI=1S/C21H18F3N5O/c1-12-13(8-9-25-19(12)20(23)24)14-6-7-18(29-11-27-28-21(14)29)26-10-15-16(22)4-3-5-17(15)30-2/h3-9,11,20,26H,10H2,1-2H3. The smallest absolute Gasteiger partial charge is 0.280 e. The molecule has 0 spiro atoms. The number of rotatable bonds is 6. The largest absolute Gasteiger partial charge is 0.496 e. The van der Waals surface area contributed by atoms with Crippen molar-refractivity contribution in [2.24, 2.45) is 0 Å². The Kier molecular flexibility index (Phi) is 5.26. The summed E-state index contributed by atoms with van der Waals surface area (Å²) < 4.78 is 47.6. The van der Waals surface area contributed by atoms with Gasteiger partial charge >= 0.3 is 0 Å². The van der Waals surface area contributed by atoms with E-state index in [9.17, 15) is 13.2 Å². The molecule has 0 fully saturated rings. The summed E-state index contributed by atoms with van der Waals surface area (Å²) in [5.41, 5.74) is 2.23. The highest BCUT2D eigenvalue weighted by molar-refractivity contribution is 5.81. The van der Waals surface area contributed by atoms with Crippen molar-refractivity contribution in [2.75, 3.05) is 12.4 Å². The summed E-state index contributed by atoms with van der Waals surface area (Å²) in [4.78, 5) is 3.78. The number of benzene rings is 1. The lowest BCUT2D eigenvalue weighted by Crippen LogP contribution is -2.07. The number of fused-ring (bicyclic) bond motifs is 1. The van der Waals surface area contributed by atoms with Crippen LogP contribution in [-0.4, -0.2) is 26.7 Å². The Labute approximate surface area is 170 Å². The molecule has 3 aromatic heterocycles. The second-order valence-electron chi connectivity index (χ2n) is 6.60. The van der Waals surface area contributed by atoms with Crippen LogP contribution in [0.15, 0.2) is 48.9 Å². The van der Waals surface area contributed by atoms with Gasteiger partial charge in [-0.15, -0.1) is 10.2 Å². The van der Waals surface area contributed by atoms with E-state index in [1.54, 1.807) is 41.7 Å². The highest BCUT2D eigenvalue weighted by Crippen LogP contribution is 2.32. The average molecular weight is 413 g/mol. The summed E-state index contributed by atoms with van der Waals surface area (Å²) in [6.07, 6.45) is 0.188. The fraction of sp³-hybridized carbons (Fsp3) is 0.190. The van der Waals surface area contributed by atoms with Crippen LogP contribution in [0.25, 0.3) is 16.8 Å². The van der Waals surface area contributed by atoms with Crippen molar-refractivity contribution in [3.05, 3.63) is 71.6 Å². The molecule has 0 saturated heterocycles. The number of hydrogen-bond acceptors (Lipinski definition) is 5. The minimum absolute atomic E-state index is 0.173. The molecular formula is C21H18F3N5O. The zero-order chi connectivity index (χ0) is 21.3. The van der Waals surface area contributed by atoms with E-state index in [4.69, 9.17) is 4.74 Å². The van der Waals surface area contributed by atoms with Crippen LogP contribution in [0.3, 0.4) is 0 Å². The van der Waals surface area contributed by atoms with Crippen LogP contribution in [0.1, 0.15) is 23.2 Å². The molecule has 0 aliphatic rings. The Bertz CT molecular complexity index is 1210. The maximum Gasteiger partial charge on any atom is 0.280 e. The van der Waals surface area contributed by atoms with Gasteiger partial charge in [0.15, 0.2) is 5.65 Å². The number of aromatic nitrogens is 4. The molecule has 0 amide bonds. The summed E-state index contributed by atoms with van der Waals surface area (Å²) in [6.45, 7) is 1.78. The summed E-state index contributed by atoms with van der Waals surface area (Å²) in [5.74, 6) is 0.668. The van der Waals surface area contributed by atoms with Crippen LogP contribution in [0, 0.1) is 12.7 Å². The Morgan fingerprint density at radius 1 is 1.13 bits per heavy atom. The van der Waals surface area contributed by atoms with E-state index < -0.39 is 6.43 Å². The van der Waals surface area contributed by atoms with Crippen molar-refractivity contribution in [3.8, 4) is 16.9 Å². The lowest BCUT2D eigenvalue weighted by atomic mass is 10.0. The number of halogens is 3. The van der Waals surface area contributed by atoms with Gasteiger partial charge in [0.1, 0.15) is 29.4 Å². The van der Waals surface area contributed by atoms with Crippen molar-refractivity contribution in [3.63, 3.8) is 0 Å². The third-order valence-corrected chi connectivity index (χ3v) is 4.94. The van der Waals surface area contributed by atoms with E-state index in [0.29, 0.717) is 39.5 Å². The predicted octanol–water partition coefficient (Wildman–Crippen LogP) is 4.80. The van der Waals surface area contributed by atoms with Gasteiger partial charge in [0.25, 0.3) is 6.43 Å². The van der Waals surface area contributed by atoms with Crippen LogP contribution in [0.2, 0.25) is 0 Å². The van der Waals surface area contributed by atoms with E-state index in [2.05, 4.69) is 20.5 Å². The number of nitrogens with one attached hydrogen (secondary N) is 1. The first-order valence-electron chi connectivity index (χ1n) is 9.13. The molecule has 6 nitrogen and oxygen atoms in total. The van der Waals surface area contributed by atoms with Crippen LogP contribution in [0.4, 0.5) is 19.0 Å². The monoisotopic (exact) mass is 413 g/mol. The minimum Gasteiger partial charge on any atom is -0.496 e. The van der Waals surface area contributed by atoms with Gasteiger partial charge in [-0.25, -0.2) is 13.2 Å². The first-order valence-corrected chi connectivity index (χ1v) is 9.13. The number of nitrogens with zero attached hydrogens (tertiary/aromatic N) is 4. The lowest BCUT2D eigenvalue weighted by Gasteiger charge is -2.15. The molecule has 0 aliphatic heterocycles.